The average molecular weight is 624 g/mol. The summed E-state index contributed by atoms with van der Waals surface area (Å²) in [5, 5.41) is 6.28. The number of nitrogens with one attached hydrogen (secondary N) is 2. The van der Waals surface area contributed by atoms with Crippen LogP contribution in [0.2, 0.25) is 0 Å². The van der Waals surface area contributed by atoms with Crippen molar-refractivity contribution in [1.82, 2.24) is 10.2 Å². The van der Waals surface area contributed by atoms with Crippen LogP contribution >= 0.6 is 0 Å². The quantitative estimate of drug-likeness (QED) is 0.376. The van der Waals surface area contributed by atoms with E-state index in [9.17, 15) is 19.2 Å². The molecule has 2 aromatic rings. The lowest BCUT2D eigenvalue weighted by Gasteiger charge is -2.35. The molecule has 0 aromatic heterocycles. The lowest BCUT2D eigenvalue weighted by Crippen LogP contribution is -2.49. The van der Waals surface area contributed by atoms with Crippen molar-refractivity contribution in [2.75, 3.05) is 46.8 Å². The van der Waals surface area contributed by atoms with Crippen molar-refractivity contribution in [1.29, 1.82) is 0 Å². The van der Waals surface area contributed by atoms with E-state index < -0.39 is 12.1 Å². The van der Waals surface area contributed by atoms with Gasteiger partial charge < -0.3 is 34.5 Å². The number of esters is 1. The Hall–Kier alpha value is -4.28. The molecule has 2 atom stereocenters. The Morgan fingerprint density at radius 1 is 0.956 bits per heavy atom. The van der Waals surface area contributed by atoms with Crippen molar-refractivity contribution >= 4 is 23.5 Å². The van der Waals surface area contributed by atoms with E-state index in [-0.39, 0.29) is 40.7 Å². The molecule has 0 bridgehead atoms. The summed E-state index contributed by atoms with van der Waals surface area (Å²) < 4.78 is 21.9. The molecule has 2 aromatic carbocycles. The first-order valence-corrected chi connectivity index (χ1v) is 15.4. The Balaban J connectivity index is 1.74. The van der Waals surface area contributed by atoms with Crippen LogP contribution in [0.4, 0.5) is 5.69 Å². The van der Waals surface area contributed by atoms with E-state index in [0.717, 1.165) is 11.1 Å². The van der Waals surface area contributed by atoms with Crippen molar-refractivity contribution in [3.63, 3.8) is 0 Å². The van der Waals surface area contributed by atoms with Gasteiger partial charge in [0.05, 0.1) is 40.2 Å². The Morgan fingerprint density at radius 3 is 2.22 bits per heavy atom. The summed E-state index contributed by atoms with van der Waals surface area (Å²) in [5.41, 5.74) is 3.02. The molecule has 0 saturated carbocycles. The molecule has 1 fully saturated rings. The smallest absolute Gasteiger partial charge is 0.305 e. The monoisotopic (exact) mass is 623 g/mol. The largest absolute Gasteiger partial charge is 0.493 e. The van der Waals surface area contributed by atoms with Gasteiger partial charge in [-0.25, -0.2) is 0 Å². The number of hydrogen-bond acceptors (Lipinski definition) is 9. The van der Waals surface area contributed by atoms with Crippen LogP contribution in [0.25, 0.3) is 11.1 Å². The van der Waals surface area contributed by atoms with Crippen LogP contribution in [0.5, 0.6) is 17.2 Å². The lowest BCUT2D eigenvalue weighted by molar-refractivity contribution is -0.142. The Morgan fingerprint density at radius 2 is 1.64 bits per heavy atom. The third-order valence-corrected chi connectivity index (χ3v) is 8.77. The Bertz CT molecular complexity index is 1480. The number of benzene rings is 1. The molecule has 45 heavy (non-hydrogen) atoms. The summed E-state index contributed by atoms with van der Waals surface area (Å²) >= 11 is 0. The molecule has 2 aliphatic rings. The van der Waals surface area contributed by atoms with E-state index >= 15 is 0 Å². The number of aryl methyl sites for hydroxylation is 1. The van der Waals surface area contributed by atoms with E-state index in [2.05, 4.69) is 10.6 Å². The molecule has 1 aliphatic heterocycles. The second-order valence-corrected chi connectivity index (χ2v) is 12.0. The fraction of sp³-hybridized carbons (Fsp3) is 0.529. The zero-order valence-corrected chi connectivity index (χ0v) is 27.3. The molecule has 0 spiro atoms. The molecule has 0 unspecified atom stereocenters. The molecule has 2 amide bonds. The number of hydrogen-bond donors (Lipinski definition) is 2. The summed E-state index contributed by atoms with van der Waals surface area (Å²) in [6.07, 6.45) is 2.91. The van der Waals surface area contributed by atoms with Crippen LogP contribution in [-0.2, 0) is 25.5 Å². The van der Waals surface area contributed by atoms with Crippen molar-refractivity contribution in [2.24, 2.45) is 11.8 Å². The predicted molar refractivity (Wildman–Crippen MR) is 171 cm³/mol. The van der Waals surface area contributed by atoms with Crippen LogP contribution in [-0.4, -0.2) is 70.3 Å². The summed E-state index contributed by atoms with van der Waals surface area (Å²) in [6, 6.07) is 5.91. The molecular formula is C34H45N3O8. The first-order chi connectivity index (χ1) is 21.5. The van der Waals surface area contributed by atoms with Gasteiger partial charge in [0.1, 0.15) is 6.04 Å². The van der Waals surface area contributed by atoms with Gasteiger partial charge in [-0.2, -0.15) is 0 Å². The van der Waals surface area contributed by atoms with Crippen molar-refractivity contribution in [3.05, 3.63) is 45.6 Å². The van der Waals surface area contributed by atoms with Crippen LogP contribution in [0.1, 0.15) is 63.6 Å². The molecule has 1 saturated heterocycles. The van der Waals surface area contributed by atoms with Crippen molar-refractivity contribution in [3.8, 4) is 28.4 Å². The molecular weight excluding hydrogens is 578 g/mol. The number of piperidine rings is 1. The van der Waals surface area contributed by atoms with E-state index in [1.54, 1.807) is 26.4 Å². The second-order valence-electron chi connectivity index (χ2n) is 12.0. The minimum absolute atomic E-state index is 0.0889. The van der Waals surface area contributed by atoms with E-state index in [0.29, 0.717) is 73.6 Å². The van der Waals surface area contributed by atoms with Gasteiger partial charge >= 0.3 is 5.97 Å². The van der Waals surface area contributed by atoms with Crippen LogP contribution in [0, 0.1) is 11.8 Å². The highest BCUT2D eigenvalue weighted by molar-refractivity contribution is 5.86. The third kappa shape index (κ3) is 7.34. The lowest BCUT2D eigenvalue weighted by atomic mass is 9.92. The van der Waals surface area contributed by atoms with Crippen LogP contribution < -0.4 is 30.3 Å². The summed E-state index contributed by atoms with van der Waals surface area (Å²) in [5.74, 6) is 0.944. The van der Waals surface area contributed by atoms with E-state index in [4.69, 9.17) is 18.9 Å². The highest BCUT2D eigenvalue weighted by Gasteiger charge is 2.33. The normalized spacial score (nSPS) is 16.9. The fourth-order valence-corrected chi connectivity index (χ4v) is 6.38. The number of rotatable bonds is 10. The van der Waals surface area contributed by atoms with E-state index in [1.807, 2.05) is 30.9 Å². The van der Waals surface area contributed by atoms with Gasteiger partial charge in [-0.1, -0.05) is 19.9 Å². The van der Waals surface area contributed by atoms with Gasteiger partial charge in [0.25, 0.3) is 0 Å². The van der Waals surface area contributed by atoms with Gasteiger partial charge in [0.15, 0.2) is 11.5 Å². The van der Waals surface area contributed by atoms with Gasteiger partial charge in [-0.3, -0.25) is 19.2 Å². The summed E-state index contributed by atoms with van der Waals surface area (Å²) in [6.45, 7) is 6.40. The van der Waals surface area contributed by atoms with Gasteiger partial charge in [-0.15, -0.1) is 0 Å². The maximum absolute atomic E-state index is 13.8. The number of carbonyl (C=O) groups excluding carboxylic acids is 3. The number of ether oxygens (including phenoxy) is 4. The minimum Gasteiger partial charge on any atom is -0.493 e. The molecule has 11 nitrogen and oxygen atoms in total. The van der Waals surface area contributed by atoms with Gasteiger partial charge in [0.2, 0.25) is 23.0 Å². The zero-order valence-electron chi connectivity index (χ0n) is 27.3. The van der Waals surface area contributed by atoms with Crippen LogP contribution in [0.3, 0.4) is 0 Å². The SMILES string of the molecule is COC(=O)CC1CCN(C(=O)[C@@H](Nc2ccc3c(cc2=O)[C@@H](NC(C)=O)CCc2cc(OC)c(OC)c(OC)c2-3)C(C)C)CC1. The number of fused-ring (bicyclic) bond motifs is 3. The maximum atomic E-state index is 13.8. The fourth-order valence-electron chi connectivity index (χ4n) is 6.38. The standard InChI is InChI=1S/C34H45N3O8/c1-19(2)31(34(41)37-14-12-21(13-15-37)16-29(40)43-5)36-26-11-9-23-24(18-27(26)39)25(35-20(3)38)10-8-22-17-28(42-4)32(44-6)33(45-7)30(22)23/h9,11,17-19,21,25,31H,8,10,12-16H2,1-7H3,(H,35,38)(H,36,39)/t25-,31-/m0/s1. The molecule has 4 rings (SSSR count). The summed E-state index contributed by atoms with van der Waals surface area (Å²) in [4.78, 5) is 53.4. The number of carbonyl (C=O) groups is 3. The van der Waals surface area contributed by atoms with Gasteiger partial charge in [-0.05, 0) is 72.4 Å². The molecule has 1 aliphatic carbocycles. The first-order valence-electron chi connectivity index (χ1n) is 15.4. The number of amides is 2. The van der Waals surface area contributed by atoms with Crippen molar-refractivity contribution < 1.29 is 33.3 Å². The number of methoxy groups -OCH3 is 4. The van der Waals surface area contributed by atoms with E-state index in [1.165, 1.54) is 21.1 Å². The molecule has 0 radical (unpaired) electrons. The number of anilines is 1. The zero-order chi connectivity index (χ0) is 32.8. The minimum atomic E-state index is -0.644. The van der Waals surface area contributed by atoms with Crippen LogP contribution in [0.15, 0.2) is 29.1 Å². The average Bonchev–Trinajstić information content (AvgIpc) is 3.26. The second kappa shape index (κ2) is 14.7. The van der Waals surface area contributed by atoms with Gasteiger partial charge in [0, 0.05) is 32.0 Å². The molecule has 244 valence electrons. The highest BCUT2D eigenvalue weighted by Crippen LogP contribution is 2.50. The maximum Gasteiger partial charge on any atom is 0.305 e. The van der Waals surface area contributed by atoms with Crippen molar-refractivity contribution in [2.45, 2.75) is 65.0 Å². The molecule has 1 heterocycles. The molecule has 2 N–H and O–H groups in total. The summed E-state index contributed by atoms with van der Waals surface area (Å²) in [7, 11) is 6.04. The predicted octanol–water partition coefficient (Wildman–Crippen LogP) is 4.10. The molecule has 11 heteroatoms. The number of likely N-dealkylation sites (tertiary alicyclic amines) is 1. The topological polar surface area (TPSA) is 132 Å². The Labute approximate surface area is 264 Å². The third-order valence-electron chi connectivity index (χ3n) is 8.77. The highest BCUT2D eigenvalue weighted by atomic mass is 16.5. The number of nitrogens with zero attached hydrogens (tertiary/aromatic N) is 1. The first kappa shape index (κ1) is 33.6. The Kier molecular flexibility index (Phi) is 11.0.